The Morgan fingerprint density at radius 3 is 2.68 bits per heavy atom. The summed E-state index contributed by atoms with van der Waals surface area (Å²) in [7, 11) is -3.72. The largest absolute Gasteiger partial charge is 0.490 e. The number of hydrogen-bond donors (Lipinski definition) is 3. The molecule has 140 valence electrons. The van der Waals surface area contributed by atoms with Crippen molar-refractivity contribution in [3.05, 3.63) is 18.2 Å². The Bertz CT molecular complexity index is 691. The molecule has 8 nitrogen and oxygen atoms in total. The number of ether oxygens (including phenoxy) is 2. The number of nitrogens with one attached hydrogen (secondary N) is 2. The number of carbonyl (C=O) groups is 1. The van der Waals surface area contributed by atoms with Gasteiger partial charge in [-0.3, -0.25) is 4.79 Å². The van der Waals surface area contributed by atoms with Crippen molar-refractivity contribution in [3.8, 4) is 11.5 Å². The third-order valence-corrected chi connectivity index (χ3v) is 5.05. The van der Waals surface area contributed by atoms with E-state index in [1.54, 1.807) is 6.07 Å². The van der Waals surface area contributed by atoms with Gasteiger partial charge in [-0.2, -0.15) is 0 Å². The average Bonchev–Trinajstić information content (AvgIpc) is 2.78. The Balaban J connectivity index is 1.87. The van der Waals surface area contributed by atoms with Gasteiger partial charge in [0.2, 0.25) is 15.9 Å². The van der Waals surface area contributed by atoms with E-state index >= 15 is 0 Å². The molecule has 0 radical (unpaired) electrons. The van der Waals surface area contributed by atoms with E-state index in [1.165, 1.54) is 12.1 Å². The summed E-state index contributed by atoms with van der Waals surface area (Å²) in [5.41, 5.74) is 5.60. The molecule has 25 heavy (non-hydrogen) atoms. The predicted octanol–water partition coefficient (Wildman–Crippen LogP) is 0.370. The number of rotatable bonds is 8. The van der Waals surface area contributed by atoms with Crippen molar-refractivity contribution in [2.45, 2.75) is 37.1 Å². The molecule has 0 saturated heterocycles. The quantitative estimate of drug-likeness (QED) is 0.607. The van der Waals surface area contributed by atoms with Crippen molar-refractivity contribution in [2.24, 2.45) is 5.73 Å². The second kappa shape index (κ2) is 9.02. The van der Waals surface area contributed by atoms with Gasteiger partial charge in [0.25, 0.3) is 0 Å². The van der Waals surface area contributed by atoms with E-state index in [2.05, 4.69) is 10.0 Å². The van der Waals surface area contributed by atoms with Crippen molar-refractivity contribution in [3.63, 3.8) is 0 Å². The molecule has 1 atom stereocenters. The molecule has 0 saturated carbocycles. The van der Waals surface area contributed by atoms with E-state index in [4.69, 9.17) is 15.2 Å². The fourth-order valence-electron chi connectivity index (χ4n) is 2.22. The zero-order valence-corrected chi connectivity index (χ0v) is 15.1. The van der Waals surface area contributed by atoms with Crippen molar-refractivity contribution in [2.75, 3.05) is 26.3 Å². The molecule has 0 aromatic heterocycles. The predicted molar refractivity (Wildman–Crippen MR) is 93.1 cm³/mol. The molecule has 1 aromatic rings. The topological polar surface area (TPSA) is 120 Å². The highest BCUT2D eigenvalue weighted by Crippen LogP contribution is 2.31. The first-order chi connectivity index (χ1) is 11.9. The van der Waals surface area contributed by atoms with Crippen LogP contribution in [0.25, 0.3) is 0 Å². The van der Waals surface area contributed by atoms with Gasteiger partial charge in [0.1, 0.15) is 0 Å². The molecule has 0 bridgehead atoms. The van der Waals surface area contributed by atoms with E-state index in [-0.39, 0.29) is 29.8 Å². The summed E-state index contributed by atoms with van der Waals surface area (Å²) < 4.78 is 38.1. The summed E-state index contributed by atoms with van der Waals surface area (Å²) in [6.45, 7) is 3.36. The van der Waals surface area contributed by atoms with Crippen molar-refractivity contribution >= 4 is 15.9 Å². The van der Waals surface area contributed by atoms with Gasteiger partial charge in [0.15, 0.2) is 11.5 Å². The third kappa shape index (κ3) is 6.18. The van der Waals surface area contributed by atoms with Crippen LogP contribution in [0, 0.1) is 0 Å². The second-order valence-electron chi connectivity index (χ2n) is 5.92. The summed E-state index contributed by atoms with van der Waals surface area (Å²) in [6, 6.07) is 4.48. The molecule has 0 spiro atoms. The highest BCUT2D eigenvalue weighted by Gasteiger charge is 2.18. The molecular weight excluding hydrogens is 346 g/mol. The maximum Gasteiger partial charge on any atom is 0.240 e. The van der Waals surface area contributed by atoms with Crippen LogP contribution in [-0.4, -0.2) is 46.7 Å². The highest BCUT2D eigenvalue weighted by atomic mass is 32.2. The molecule has 4 N–H and O–H groups in total. The molecule has 1 unspecified atom stereocenters. The molecule has 2 rings (SSSR count). The molecule has 1 aliphatic heterocycles. The molecular formula is C16H25N3O5S. The van der Waals surface area contributed by atoms with Crippen LogP contribution in [0.5, 0.6) is 11.5 Å². The molecule has 1 heterocycles. The lowest BCUT2D eigenvalue weighted by Crippen LogP contribution is -2.32. The summed E-state index contributed by atoms with van der Waals surface area (Å²) >= 11 is 0. The van der Waals surface area contributed by atoms with Crippen molar-refractivity contribution in [1.29, 1.82) is 0 Å². The fraction of sp³-hybridized carbons (Fsp3) is 0.562. The second-order valence-corrected chi connectivity index (χ2v) is 7.69. The molecule has 1 aromatic carbocycles. The number of sulfonamides is 1. The van der Waals surface area contributed by atoms with Crippen LogP contribution in [0.4, 0.5) is 0 Å². The van der Waals surface area contributed by atoms with Gasteiger partial charge in [-0.1, -0.05) is 0 Å². The SMILES string of the molecule is CC(N)CCNC(=O)CCNS(=O)(=O)c1ccc2c(c1)OCCCO2. The van der Waals surface area contributed by atoms with Gasteiger partial charge in [0.05, 0.1) is 18.1 Å². The van der Waals surface area contributed by atoms with E-state index in [9.17, 15) is 13.2 Å². The molecule has 0 aliphatic carbocycles. The normalized spacial score (nSPS) is 15.3. The van der Waals surface area contributed by atoms with E-state index in [0.29, 0.717) is 37.7 Å². The lowest BCUT2D eigenvalue weighted by Gasteiger charge is -2.11. The van der Waals surface area contributed by atoms with E-state index in [1.807, 2.05) is 6.92 Å². The summed E-state index contributed by atoms with van der Waals surface area (Å²) in [5.74, 6) is 0.723. The maximum atomic E-state index is 12.3. The van der Waals surface area contributed by atoms with Crippen molar-refractivity contribution < 1.29 is 22.7 Å². The zero-order valence-electron chi connectivity index (χ0n) is 14.3. The zero-order chi connectivity index (χ0) is 18.3. The van der Waals surface area contributed by atoms with Gasteiger partial charge < -0.3 is 20.5 Å². The van der Waals surface area contributed by atoms with Gasteiger partial charge in [-0.25, -0.2) is 13.1 Å². The minimum atomic E-state index is -3.72. The third-order valence-electron chi connectivity index (χ3n) is 3.60. The number of fused-ring (bicyclic) bond motifs is 1. The lowest BCUT2D eigenvalue weighted by molar-refractivity contribution is -0.120. The fourth-order valence-corrected chi connectivity index (χ4v) is 3.27. The smallest absolute Gasteiger partial charge is 0.240 e. The maximum absolute atomic E-state index is 12.3. The van der Waals surface area contributed by atoms with Gasteiger partial charge in [-0.05, 0) is 25.5 Å². The number of carbonyl (C=O) groups excluding carboxylic acids is 1. The van der Waals surface area contributed by atoms with Gasteiger partial charge >= 0.3 is 0 Å². The van der Waals surface area contributed by atoms with Crippen LogP contribution in [0.2, 0.25) is 0 Å². The van der Waals surface area contributed by atoms with Crippen LogP contribution in [-0.2, 0) is 14.8 Å². The molecule has 0 fully saturated rings. The summed E-state index contributed by atoms with van der Waals surface area (Å²) in [5, 5.41) is 2.70. The van der Waals surface area contributed by atoms with E-state index < -0.39 is 10.0 Å². The standard InChI is InChI=1S/C16H25N3O5S/c1-12(17)5-7-18-16(20)6-8-19-25(21,22)13-3-4-14-15(11-13)24-10-2-9-23-14/h3-4,11-12,19H,2,5-10,17H2,1H3,(H,18,20). The number of benzene rings is 1. The Kier molecular flexibility index (Phi) is 7.03. The first kappa shape index (κ1) is 19.5. The van der Waals surface area contributed by atoms with Crippen LogP contribution < -0.4 is 25.2 Å². The van der Waals surface area contributed by atoms with Crippen LogP contribution >= 0.6 is 0 Å². The summed E-state index contributed by atoms with van der Waals surface area (Å²) in [6.07, 6.45) is 1.48. The first-order valence-electron chi connectivity index (χ1n) is 8.30. The van der Waals surface area contributed by atoms with Crippen LogP contribution in [0.1, 0.15) is 26.2 Å². The average molecular weight is 371 g/mol. The Hall–Kier alpha value is -1.84. The molecule has 1 amide bonds. The lowest BCUT2D eigenvalue weighted by atomic mass is 10.2. The Morgan fingerprint density at radius 2 is 1.96 bits per heavy atom. The number of nitrogens with two attached hydrogens (primary N) is 1. The first-order valence-corrected chi connectivity index (χ1v) is 9.78. The highest BCUT2D eigenvalue weighted by molar-refractivity contribution is 7.89. The van der Waals surface area contributed by atoms with Crippen LogP contribution in [0.15, 0.2) is 23.1 Å². The van der Waals surface area contributed by atoms with Gasteiger partial charge in [0, 0.05) is 38.0 Å². The Labute approximate surface area is 148 Å². The van der Waals surface area contributed by atoms with Crippen molar-refractivity contribution in [1.82, 2.24) is 10.0 Å². The monoisotopic (exact) mass is 371 g/mol. The number of amides is 1. The molecule has 1 aliphatic rings. The van der Waals surface area contributed by atoms with Crippen LogP contribution in [0.3, 0.4) is 0 Å². The van der Waals surface area contributed by atoms with Gasteiger partial charge in [-0.15, -0.1) is 0 Å². The van der Waals surface area contributed by atoms with E-state index in [0.717, 1.165) is 6.42 Å². The summed E-state index contributed by atoms with van der Waals surface area (Å²) in [4.78, 5) is 11.7. The minimum absolute atomic E-state index is 0.0122. The number of hydrogen-bond acceptors (Lipinski definition) is 6. The minimum Gasteiger partial charge on any atom is -0.490 e. The Morgan fingerprint density at radius 1 is 1.24 bits per heavy atom. The molecule has 9 heteroatoms.